The molecule has 5 rings (SSSR count). The molecule has 0 bridgehead atoms. The van der Waals surface area contributed by atoms with Crippen LogP contribution in [0.4, 0.5) is 14.9 Å². The van der Waals surface area contributed by atoms with Crippen molar-refractivity contribution in [2.45, 2.75) is 103 Å². The predicted octanol–water partition coefficient (Wildman–Crippen LogP) is 6.27. The number of carboxylic acid groups (broad SMARTS) is 1. The van der Waals surface area contributed by atoms with Gasteiger partial charge in [-0.1, -0.05) is 32.1 Å². The van der Waals surface area contributed by atoms with Crippen molar-refractivity contribution in [3.63, 3.8) is 0 Å². The second-order valence-electron chi connectivity index (χ2n) is 14.1. The molecule has 1 saturated heterocycles. The Balaban J connectivity index is 1.27. The first-order valence-corrected chi connectivity index (χ1v) is 16.5. The Kier molecular flexibility index (Phi) is 10.0. The van der Waals surface area contributed by atoms with Gasteiger partial charge in [0.1, 0.15) is 24.0 Å². The molecule has 1 aromatic carbocycles. The summed E-state index contributed by atoms with van der Waals surface area (Å²) in [4.78, 5) is 56.4. The molecular formula is C34H47FN4O6. The summed E-state index contributed by atoms with van der Waals surface area (Å²) in [6, 6.07) is 5.53. The van der Waals surface area contributed by atoms with Crippen LogP contribution in [0, 0.1) is 23.7 Å². The molecule has 2 aliphatic carbocycles. The van der Waals surface area contributed by atoms with E-state index in [4.69, 9.17) is 4.74 Å². The molecule has 10 nitrogen and oxygen atoms in total. The summed E-state index contributed by atoms with van der Waals surface area (Å²) in [7, 11) is 0. The van der Waals surface area contributed by atoms with Crippen LogP contribution in [-0.2, 0) is 14.3 Å². The van der Waals surface area contributed by atoms with Crippen LogP contribution >= 0.6 is 0 Å². The number of aromatic nitrogens is 1. The number of fused-ring (bicyclic) bond motifs is 1. The molecule has 0 radical (unpaired) electrons. The van der Waals surface area contributed by atoms with Gasteiger partial charge < -0.3 is 30.4 Å². The second-order valence-corrected chi connectivity index (χ2v) is 14.1. The summed E-state index contributed by atoms with van der Waals surface area (Å²) in [6.07, 6.45) is 8.09. The van der Waals surface area contributed by atoms with E-state index in [1.54, 1.807) is 43.9 Å². The lowest BCUT2D eigenvalue weighted by Gasteiger charge is -2.37. The largest absolute Gasteiger partial charge is 0.477 e. The number of H-pyrrole nitrogens is 1. The number of aromatic carboxylic acids is 1. The van der Waals surface area contributed by atoms with Crippen LogP contribution in [0.1, 0.15) is 95.5 Å². The van der Waals surface area contributed by atoms with Crippen molar-refractivity contribution < 1.29 is 33.4 Å². The van der Waals surface area contributed by atoms with Crippen LogP contribution in [0.2, 0.25) is 0 Å². The molecule has 2 heterocycles. The summed E-state index contributed by atoms with van der Waals surface area (Å²) in [6.45, 7) is 5.11. The number of carboxylic acids is 1. The average molecular weight is 627 g/mol. The number of benzene rings is 1. The number of nitrogens with one attached hydrogen (secondary N) is 3. The number of alkyl carbamates (subject to hydrolysis) is 1. The zero-order chi connectivity index (χ0) is 32.3. The molecule has 3 fully saturated rings. The van der Waals surface area contributed by atoms with Gasteiger partial charge in [0.25, 0.3) is 0 Å². The van der Waals surface area contributed by atoms with E-state index < -0.39 is 36.4 Å². The first-order valence-electron chi connectivity index (χ1n) is 16.5. The number of ether oxygens (including phenoxy) is 1. The Labute approximate surface area is 263 Å². The van der Waals surface area contributed by atoms with Crippen molar-refractivity contribution in [1.82, 2.24) is 15.2 Å². The zero-order valence-corrected chi connectivity index (χ0v) is 26.6. The van der Waals surface area contributed by atoms with Crippen LogP contribution in [0.5, 0.6) is 0 Å². The van der Waals surface area contributed by atoms with Crippen molar-refractivity contribution in [3.05, 3.63) is 30.0 Å². The number of alkyl halides is 1. The Hall–Kier alpha value is -3.63. The smallest absolute Gasteiger partial charge is 0.407 e. The second kappa shape index (κ2) is 13.8. The van der Waals surface area contributed by atoms with E-state index in [1.165, 1.54) is 12.5 Å². The number of aromatic amines is 1. The highest BCUT2D eigenvalue weighted by Gasteiger charge is 2.47. The minimum atomic E-state index is -1.05. The third kappa shape index (κ3) is 7.79. The molecule has 1 aliphatic heterocycles. The summed E-state index contributed by atoms with van der Waals surface area (Å²) in [5.41, 5.74) is 0.615. The van der Waals surface area contributed by atoms with Crippen LogP contribution in [-0.4, -0.2) is 69.8 Å². The van der Waals surface area contributed by atoms with Gasteiger partial charge in [-0.15, -0.1) is 0 Å². The number of nitrogens with zero attached hydrogens (tertiary/aromatic N) is 1. The summed E-state index contributed by atoms with van der Waals surface area (Å²) in [5, 5.41) is 15.7. The van der Waals surface area contributed by atoms with Gasteiger partial charge in [-0.3, -0.25) is 9.59 Å². The van der Waals surface area contributed by atoms with Gasteiger partial charge in [-0.2, -0.15) is 0 Å². The molecule has 3 amide bonds. The Bertz CT molecular complexity index is 1390. The lowest BCUT2D eigenvalue weighted by Crippen LogP contribution is -2.50. The molecule has 1 aromatic heterocycles. The fourth-order valence-electron chi connectivity index (χ4n) is 7.74. The number of likely N-dealkylation sites (tertiary alicyclic amines) is 1. The molecule has 246 valence electrons. The van der Waals surface area contributed by atoms with Gasteiger partial charge in [-0.05, 0) is 94.9 Å². The van der Waals surface area contributed by atoms with Gasteiger partial charge >= 0.3 is 12.1 Å². The first-order chi connectivity index (χ1) is 21.4. The van der Waals surface area contributed by atoms with Gasteiger partial charge in [-0.25, -0.2) is 14.0 Å². The Morgan fingerprint density at radius 1 is 1.02 bits per heavy atom. The monoisotopic (exact) mass is 626 g/mol. The number of hydrogen-bond acceptors (Lipinski definition) is 5. The third-order valence-electron chi connectivity index (χ3n) is 9.93. The zero-order valence-electron chi connectivity index (χ0n) is 26.6. The number of rotatable bonds is 8. The van der Waals surface area contributed by atoms with E-state index in [-0.39, 0.29) is 35.3 Å². The van der Waals surface area contributed by atoms with E-state index in [9.17, 15) is 28.7 Å². The van der Waals surface area contributed by atoms with Crippen molar-refractivity contribution in [2.75, 3.05) is 18.5 Å². The normalized spacial score (nSPS) is 25.1. The topological polar surface area (TPSA) is 141 Å². The molecule has 45 heavy (non-hydrogen) atoms. The van der Waals surface area contributed by atoms with E-state index in [2.05, 4.69) is 15.6 Å². The van der Waals surface area contributed by atoms with Crippen LogP contribution < -0.4 is 10.6 Å². The van der Waals surface area contributed by atoms with Gasteiger partial charge in [0.2, 0.25) is 11.8 Å². The predicted molar refractivity (Wildman–Crippen MR) is 169 cm³/mol. The highest BCUT2D eigenvalue weighted by molar-refractivity contribution is 6.00. The molecule has 11 heteroatoms. The van der Waals surface area contributed by atoms with Crippen LogP contribution in [0.15, 0.2) is 24.3 Å². The number of halogens is 1. The summed E-state index contributed by atoms with van der Waals surface area (Å²) < 4.78 is 19.3. The lowest BCUT2D eigenvalue weighted by atomic mass is 9.76. The first kappa shape index (κ1) is 32.8. The summed E-state index contributed by atoms with van der Waals surface area (Å²) >= 11 is 0. The fraction of sp³-hybridized carbons (Fsp3) is 0.647. The molecule has 3 aliphatic rings. The molecule has 0 unspecified atom stereocenters. The number of carbonyl (C=O) groups is 4. The SMILES string of the molecule is CC(C)(C)OC(=O)N[C@@H](CF)[C@H]1CC[C@H](C(=O)N2CC[C@@H](C3CCCCC3)[C@H]2C(=O)Nc2ccc3[nH]c(C(=O)O)cc3c2)CC1. The Morgan fingerprint density at radius 2 is 1.73 bits per heavy atom. The average Bonchev–Trinajstić information content (AvgIpc) is 3.64. The number of carbonyl (C=O) groups excluding carboxylic acids is 3. The van der Waals surface area contributed by atoms with Gasteiger partial charge in [0.05, 0.1) is 6.04 Å². The quantitative estimate of drug-likeness (QED) is 0.272. The number of amides is 3. The molecule has 0 spiro atoms. The van der Waals surface area contributed by atoms with Crippen LogP contribution in [0.25, 0.3) is 10.9 Å². The van der Waals surface area contributed by atoms with Crippen molar-refractivity contribution >= 4 is 40.5 Å². The lowest BCUT2D eigenvalue weighted by molar-refractivity contribution is -0.142. The van der Waals surface area contributed by atoms with Crippen LogP contribution in [0.3, 0.4) is 0 Å². The van der Waals surface area contributed by atoms with Gasteiger partial charge in [0, 0.05) is 29.1 Å². The minimum Gasteiger partial charge on any atom is -0.477 e. The van der Waals surface area contributed by atoms with E-state index in [0.29, 0.717) is 54.7 Å². The maximum Gasteiger partial charge on any atom is 0.407 e. The molecule has 4 N–H and O–H groups in total. The van der Waals surface area contributed by atoms with E-state index >= 15 is 0 Å². The van der Waals surface area contributed by atoms with Gasteiger partial charge in [0.15, 0.2) is 0 Å². The third-order valence-corrected chi connectivity index (χ3v) is 9.93. The van der Waals surface area contributed by atoms with Crippen molar-refractivity contribution in [1.29, 1.82) is 0 Å². The van der Waals surface area contributed by atoms with E-state index in [0.717, 1.165) is 32.1 Å². The molecule has 2 aromatic rings. The van der Waals surface area contributed by atoms with Crippen molar-refractivity contribution in [2.24, 2.45) is 23.7 Å². The molecule has 2 saturated carbocycles. The maximum absolute atomic E-state index is 14.0. The number of hydrogen-bond donors (Lipinski definition) is 4. The van der Waals surface area contributed by atoms with Crippen molar-refractivity contribution in [3.8, 4) is 0 Å². The number of anilines is 1. The van der Waals surface area contributed by atoms with E-state index in [1.807, 2.05) is 0 Å². The Morgan fingerprint density at radius 3 is 2.38 bits per heavy atom. The highest BCUT2D eigenvalue weighted by Crippen LogP contribution is 2.41. The molecular weight excluding hydrogens is 579 g/mol. The molecule has 3 atom stereocenters. The summed E-state index contributed by atoms with van der Waals surface area (Å²) in [5.74, 6) is -1.17. The minimum absolute atomic E-state index is 0.0176. The highest BCUT2D eigenvalue weighted by atomic mass is 19.1. The fourth-order valence-corrected chi connectivity index (χ4v) is 7.74. The maximum atomic E-state index is 14.0. The standard InChI is InChI=1S/C34H47FN4O6/c1-34(2,3)45-33(44)38-28(19-35)21-9-11-22(12-10-21)31(41)39-16-15-25(20-7-5-4-6-8-20)29(39)30(40)36-24-13-14-26-23(17-24)18-27(37-26)32(42)43/h13-14,17-18,20-22,25,28-29,37H,4-12,15-16,19H2,1-3H3,(H,36,40)(H,38,44)(H,42,43)/t21-,22-,25-,28-,29-/m0/s1.